The lowest BCUT2D eigenvalue weighted by Gasteiger charge is -2.17. The molecule has 0 amide bonds. The molecule has 0 spiro atoms. The molecule has 3 aromatic rings. The van der Waals surface area contributed by atoms with Gasteiger partial charge in [0.25, 0.3) is 11.4 Å². The van der Waals surface area contributed by atoms with E-state index in [1.807, 2.05) is 20.8 Å². The molecule has 1 saturated carbocycles. The van der Waals surface area contributed by atoms with Crippen LogP contribution in [0.4, 0.5) is 0 Å². The summed E-state index contributed by atoms with van der Waals surface area (Å²) >= 11 is 0. The van der Waals surface area contributed by atoms with Gasteiger partial charge in [0.05, 0.1) is 16.5 Å². The number of H-pyrrole nitrogens is 1. The van der Waals surface area contributed by atoms with E-state index in [-0.39, 0.29) is 17.2 Å². The molecule has 29 heavy (non-hydrogen) atoms. The molecule has 0 aromatic carbocycles. The van der Waals surface area contributed by atoms with Crippen LogP contribution < -0.4 is 17.0 Å². The Labute approximate surface area is 167 Å². The van der Waals surface area contributed by atoms with Gasteiger partial charge in [-0.3, -0.25) is 14.3 Å². The van der Waals surface area contributed by atoms with Gasteiger partial charge in [-0.05, 0) is 31.2 Å². The topological polar surface area (TPSA) is 133 Å². The number of aromatic amines is 1. The fourth-order valence-electron chi connectivity index (χ4n) is 3.95. The highest BCUT2D eigenvalue weighted by Gasteiger charge is 2.36. The van der Waals surface area contributed by atoms with Gasteiger partial charge >= 0.3 is 5.69 Å². The first kappa shape index (κ1) is 19.5. The summed E-state index contributed by atoms with van der Waals surface area (Å²) in [5, 5.41) is 4.39. The number of pyridine rings is 1. The Hall–Kier alpha value is -2.81. The Morgan fingerprint density at radius 1 is 1.28 bits per heavy atom. The zero-order valence-electron chi connectivity index (χ0n) is 17.0. The molecule has 0 aliphatic heterocycles. The van der Waals surface area contributed by atoms with Gasteiger partial charge in [-0.25, -0.2) is 9.78 Å². The molecule has 3 aromatic heterocycles. The van der Waals surface area contributed by atoms with Crippen molar-refractivity contribution in [3.63, 3.8) is 0 Å². The lowest BCUT2D eigenvalue weighted by atomic mass is 9.98. The summed E-state index contributed by atoms with van der Waals surface area (Å²) in [6.07, 6.45) is 4.39. The fraction of sp³-hybridized carbons (Fsp3) is 0.550. The molecule has 1 fully saturated rings. The minimum absolute atomic E-state index is 0.0840. The van der Waals surface area contributed by atoms with Gasteiger partial charge < -0.3 is 10.3 Å². The molecule has 0 radical (unpaired) electrons. The normalized spacial score (nSPS) is 16.2. The Kier molecular flexibility index (Phi) is 4.85. The highest BCUT2D eigenvalue weighted by atomic mass is 16.5. The molecule has 154 valence electrons. The highest BCUT2D eigenvalue weighted by Crippen LogP contribution is 2.36. The summed E-state index contributed by atoms with van der Waals surface area (Å²) in [6.45, 7) is 6.41. The third kappa shape index (κ3) is 3.29. The lowest BCUT2D eigenvalue weighted by Crippen LogP contribution is -2.34. The van der Waals surface area contributed by atoms with E-state index in [4.69, 9.17) is 10.3 Å². The molecule has 0 saturated heterocycles. The molecule has 3 N–H and O–H groups in total. The number of hydrogen-bond acceptors (Lipinski definition) is 7. The van der Waals surface area contributed by atoms with Crippen molar-refractivity contribution in [3.05, 3.63) is 38.4 Å². The van der Waals surface area contributed by atoms with E-state index in [2.05, 4.69) is 20.1 Å². The minimum Gasteiger partial charge on any atom is -0.334 e. The van der Waals surface area contributed by atoms with Crippen LogP contribution in [0.2, 0.25) is 0 Å². The van der Waals surface area contributed by atoms with Gasteiger partial charge in [0.2, 0.25) is 0 Å². The largest absolute Gasteiger partial charge is 0.334 e. The van der Waals surface area contributed by atoms with Crippen molar-refractivity contribution in [1.29, 1.82) is 0 Å². The van der Waals surface area contributed by atoms with Crippen LogP contribution in [0.1, 0.15) is 70.3 Å². The second kappa shape index (κ2) is 7.22. The molecule has 4 rings (SSSR count). The fourth-order valence-corrected chi connectivity index (χ4v) is 3.95. The first-order valence-electron chi connectivity index (χ1n) is 10.2. The molecule has 0 unspecified atom stereocenters. The van der Waals surface area contributed by atoms with Crippen LogP contribution in [0.25, 0.3) is 22.5 Å². The second-order valence-corrected chi connectivity index (χ2v) is 8.15. The van der Waals surface area contributed by atoms with Crippen LogP contribution >= 0.6 is 0 Å². The average molecular weight is 398 g/mol. The Morgan fingerprint density at radius 2 is 2.00 bits per heavy atom. The molecule has 1 aliphatic carbocycles. The maximum atomic E-state index is 12.7. The molecule has 1 aliphatic rings. The third-order valence-electron chi connectivity index (χ3n) is 5.60. The van der Waals surface area contributed by atoms with Crippen LogP contribution in [0.5, 0.6) is 0 Å². The molecular weight excluding hydrogens is 372 g/mol. The van der Waals surface area contributed by atoms with E-state index in [0.717, 1.165) is 37.8 Å². The summed E-state index contributed by atoms with van der Waals surface area (Å²) in [6, 6.07) is 1.79. The van der Waals surface area contributed by atoms with E-state index in [0.29, 0.717) is 23.6 Å². The van der Waals surface area contributed by atoms with Crippen molar-refractivity contribution in [2.75, 3.05) is 0 Å². The number of nitrogens with zero attached hydrogens (tertiary/aromatic N) is 4. The smallest absolute Gasteiger partial charge is 0.329 e. The summed E-state index contributed by atoms with van der Waals surface area (Å²) in [7, 11) is 0. The third-order valence-corrected chi connectivity index (χ3v) is 5.60. The molecule has 9 heteroatoms. The lowest BCUT2D eigenvalue weighted by molar-refractivity contribution is 0.373. The van der Waals surface area contributed by atoms with Crippen LogP contribution in [-0.4, -0.2) is 24.7 Å². The Bertz CT molecular complexity index is 1170. The summed E-state index contributed by atoms with van der Waals surface area (Å²) in [4.78, 5) is 36.7. The van der Waals surface area contributed by atoms with Crippen molar-refractivity contribution in [2.45, 2.75) is 70.9 Å². The molecule has 0 atom stereocenters. The van der Waals surface area contributed by atoms with Crippen molar-refractivity contribution in [2.24, 2.45) is 5.73 Å². The number of rotatable bonds is 5. The van der Waals surface area contributed by atoms with Gasteiger partial charge in [0, 0.05) is 12.2 Å². The van der Waals surface area contributed by atoms with E-state index in [1.54, 1.807) is 6.07 Å². The van der Waals surface area contributed by atoms with Crippen molar-refractivity contribution < 1.29 is 4.52 Å². The zero-order chi connectivity index (χ0) is 20.8. The second-order valence-electron chi connectivity index (χ2n) is 8.15. The number of nitrogens with two attached hydrogens (primary N) is 1. The van der Waals surface area contributed by atoms with E-state index < -0.39 is 16.8 Å². The first-order chi connectivity index (χ1) is 13.8. The molecule has 3 heterocycles. The van der Waals surface area contributed by atoms with Crippen LogP contribution in [0, 0.1) is 0 Å². The molecule has 0 bridgehead atoms. The predicted molar refractivity (Wildman–Crippen MR) is 109 cm³/mol. The summed E-state index contributed by atoms with van der Waals surface area (Å²) in [5.41, 5.74) is 6.44. The predicted octanol–water partition coefficient (Wildman–Crippen LogP) is 2.40. The summed E-state index contributed by atoms with van der Waals surface area (Å²) < 4.78 is 7.04. The molecular formula is C20H26N6O3. The Morgan fingerprint density at radius 3 is 2.66 bits per heavy atom. The van der Waals surface area contributed by atoms with E-state index in [9.17, 15) is 9.59 Å². The van der Waals surface area contributed by atoms with Crippen LogP contribution in [0.3, 0.4) is 0 Å². The maximum absolute atomic E-state index is 12.7. The monoisotopic (exact) mass is 398 g/mol. The van der Waals surface area contributed by atoms with Crippen LogP contribution in [-0.2, 0) is 12.1 Å². The van der Waals surface area contributed by atoms with Gasteiger partial charge in [0.1, 0.15) is 0 Å². The van der Waals surface area contributed by atoms with E-state index in [1.165, 1.54) is 4.57 Å². The quantitative estimate of drug-likeness (QED) is 0.674. The highest BCUT2D eigenvalue weighted by molar-refractivity contribution is 5.90. The number of hydrogen-bond donors (Lipinski definition) is 2. The minimum atomic E-state index is -0.595. The van der Waals surface area contributed by atoms with Gasteiger partial charge in [-0.1, -0.05) is 38.8 Å². The number of fused-ring (bicyclic) bond motifs is 1. The SMILES string of the molecule is CCCn1c(=O)[nH]c(=O)c2c(-c3nc(C4(N)CCCC4)no3)cc(C(C)C)nc21. The van der Waals surface area contributed by atoms with E-state index >= 15 is 0 Å². The van der Waals surface area contributed by atoms with Crippen molar-refractivity contribution in [3.8, 4) is 11.5 Å². The maximum Gasteiger partial charge on any atom is 0.329 e. The molecule has 9 nitrogen and oxygen atoms in total. The summed E-state index contributed by atoms with van der Waals surface area (Å²) in [5.74, 6) is 0.762. The Balaban J connectivity index is 1.99. The van der Waals surface area contributed by atoms with Crippen LogP contribution in [0.15, 0.2) is 20.2 Å². The number of aromatic nitrogens is 5. The number of nitrogens with one attached hydrogen (secondary N) is 1. The van der Waals surface area contributed by atoms with Crippen molar-refractivity contribution in [1.82, 2.24) is 24.7 Å². The van der Waals surface area contributed by atoms with Crippen molar-refractivity contribution >= 4 is 11.0 Å². The number of aryl methyl sites for hydroxylation is 1. The average Bonchev–Trinajstić information content (AvgIpc) is 3.34. The van der Waals surface area contributed by atoms with Gasteiger partial charge in [-0.15, -0.1) is 0 Å². The zero-order valence-corrected chi connectivity index (χ0v) is 17.0. The standard InChI is InChI=1S/C20H26N6O3/c1-4-9-26-15-14(16(27)23-19(26)28)12(10-13(22-15)11(2)3)17-24-18(25-29-17)20(21)7-5-6-8-20/h10-11H,4-9,21H2,1-3H3,(H,23,27,28). The first-order valence-corrected chi connectivity index (χ1v) is 10.2. The van der Waals surface area contributed by atoms with Gasteiger partial charge in [0.15, 0.2) is 11.5 Å². The van der Waals surface area contributed by atoms with Gasteiger partial charge in [-0.2, -0.15) is 4.98 Å².